The zero-order chi connectivity index (χ0) is 30.1. The molecule has 1 aromatic carbocycles. The highest BCUT2D eigenvalue weighted by Gasteiger charge is 2.53. The van der Waals surface area contributed by atoms with E-state index in [1.54, 1.807) is 17.0 Å². The highest BCUT2D eigenvalue weighted by atomic mass is 127. The number of benzene rings is 1. The van der Waals surface area contributed by atoms with Crippen LogP contribution in [0.5, 0.6) is 0 Å². The van der Waals surface area contributed by atoms with Gasteiger partial charge in [0.15, 0.2) is 5.79 Å². The van der Waals surface area contributed by atoms with Crippen molar-refractivity contribution in [2.75, 3.05) is 19.7 Å². The predicted molar refractivity (Wildman–Crippen MR) is 167 cm³/mol. The lowest BCUT2D eigenvalue weighted by molar-refractivity contribution is -0.190. The summed E-state index contributed by atoms with van der Waals surface area (Å²) in [5.74, 6) is -1.77. The number of fused-ring (bicyclic) bond motifs is 1. The first-order chi connectivity index (χ1) is 20.3. The van der Waals surface area contributed by atoms with E-state index >= 15 is 0 Å². The molecule has 4 atom stereocenters. The van der Waals surface area contributed by atoms with Crippen molar-refractivity contribution >= 4 is 40.4 Å². The van der Waals surface area contributed by atoms with Gasteiger partial charge in [-0.2, -0.15) is 0 Å². The SMILES string of the molecule is CCCCCC1(CCCCC)O[C@@H]2[C@@H](C=C(C(=O)N3CCC[C@@H]3C(=O)NCCO)C[C@H]2OC(=O)c2ccc(I)cc2)O1. The normalized spacial score (nSPS) is 24.7. The van der Waals surface area contributed by atoms with E-state index < -0.39 is 36.1 Å². The van der Waals surface area contributed by atoms with Gasteiger partial charge in [-0.05, 0) is 78.6 Å². The van der Waals surface area contributed by atoms with Gasteiger partial charge in [0, 0.05) is 41.5 Å². The third kappa shape index (κ3) is 8.12. The Bertz CT molecular complexity index is 1100. The maximum atomic E-state index is 13.9. The van der Waals surface area contributed by atoms with Gasteiger partial charge in [0.25, 0.3) is 0 Å². The number of likely N-dealkylation sites (tertiary alicyclic amines) is 1. The van der Waals surface area contributed by atoms with Crippen LogP contribution in [0.2, 0.25) is 0 Å². The monoisotopic (exact) mass is 696 g/mol. The number of ether oxygens (including phenoxy) is 3. The Labute approximate surface area is 262 Å². The average Bonchev–Trinajstić information content (AvgIpc) is 3.62. The van der Waals surface area contributed by atoms with E-state index in [9.17, 15) is 14.4 Å². The number of halogens is 1. The van der Waals surface area contributed by atoms with Gasteiger partial charge in [0.1, 0.15) is 24.4 Å². The summed E-state index contributed by atoms with van der Waals surface area (Å²) >= 11 is 2.19. The van der Waals surface area contributed by atoms with Crippen LogP contribution in [-0.4, -0.2) is 77.6 Å². The first-order valence-corrected chi connectivity index (χ1v) is 16.6. The van der Waals surface area contributed by atoms with Crippen LogP contribution in [0.15, 0.2) is 35.9 Å². The van der Waals surface area contributed by atoms with Crippen LogP contribution in [0.1, 0.15) is 94.8 Å². The lowest BCUT2D eigenvalue weighted by atomic mass is 9.91. The molecule has 0 bridgehead atoms. The Morgan fingerprint density at radius 2 is 1.76 bits per heavy atom. The number of carbonyl (C=O) groups excluding carboxylic acids is 3. The molecular formula is C32H45IN2O7. The van der Waals surface area contributed by atoms with Gasteiger partial charge in [-0.1, -0.05) is 39.5 Å². The molecule has 3 aliphatic rings. The lowest BCUT2D eigenvalue weighted by Gasteiger charge is -2.33. The molecule has 2 N–H and O–H groups in total. The largest absolute Gasteiger partial charge is 0.456 e. The summed E-state index contributed by atoms with van der Waals surface area (Å²) in [7, 11) is 0. The molecule has 0 spiro atoms. The Morgan fingerprint density at radius 1 is 1.07 bits per heavy atom. The second-order valence-corrected chi connectivity index (χ2v) is 12.8. The van der Waals surface area contributed by atoms with Crippen LogP contribution >= 0.6 is 22.6 Å². The van der Waals surface area contributed by atoms with E-state index in [4.69, 9.17) is 19.3 Å². The number of nitrogens with zero attached hydrogens (tertiary/aromatic N) is 1. The summed E-state index contributed by atoms with van der Waals surface area (Å²) < 4.78 is 20.5. The second-order valence-electron chi connectivity index (χ2n) is 11.5. The summed E-state index contributed by atoms with van der Waals surface area (Å²) in [6.45, 7) is 4.77. The summed E-state index contributed by atoms with van der Waals surface area (Å²) in [4.78, 5) is 41.5. The van der Waals surface area contributed by atoms with Gasteiger partial charge in [0.2, 0.25) is 11.8 Å². The van der Waals surface area contributed by atoms with E-state index in [0.29, 0.717) is 30.5 Å². The van der Waals surface area contributed by atoms with E-state index in [1.807, 2.05) is 18.2 Å². The third-order valence-electron chi connectivity index (χ3n) is 8.34. The summed E-state index contributed by atoms with van der Waals surface area (Å²) in [6.07, 6.45) is 9.21. The van der Waals surface area contributed by atoms with Gasteiger partial charge in [-0.25, -0.2) is 4.79 Å². The molecule has 1 aromatic rings. The molecule has 232 valence electrons. The predicted octanol–water partition coefficient (Wildman–Crippen LogP) is 4.89. The number of aliphatic hydroxyl groups excluding tert-OH is 1. The van der Waals surface area contributed by atoms with Crippen molar-refractivity contribution in [2.24, 2.45) is 0 Å². The van der Waals surface area contributed by atoms with Gasteiger partial charge in [-0.15, -0.1) is 0 Å². The highest BCUT2D eigenvalue weighted by molar-refractivity contribution is 14.1. The maximum absolute atomic E-state index is 13.9. The fourth-order valence-corrected chi connectivity index (χ4v) is 6.50. The standard InChI is InChI=1S/C32H45IN2O7/c1-3-5-7-15-32(16-8-6-4-2)41-27-21-23(30(38)35-18-9-10-25(35)29(37)34-17-19-36)20-26(28(27)42-32)40-31(39)22-11-13-24(33)14-12-22/h11-14,21,25-28,36H,3-10,15-20H2,1-2H3,(H,34,37)/t25-,26-,27-,28+/m1/s1. The maximum Gasteiger partial charge on any atom is 0.338 e. The molecule has 1 aliphatic carbocycles. The quantitative estimate of drug-likeness (QED) is 0.162. The molecule has 10 heteroatoms. The summed E-state index contributed by atoms with van der Waals surface area (Å²) in [5.41, 5.74) is 0.908. The van der Waals surface area contributed by atoms with E-state index in [2.05, 4.69) is 41.8 Å². The Kier molecular flexibility index (Phi) is 12.2. The van der Waals surface area contributed by atoms with Crippen LogP contribution < -0.4 is 5.32 Å². The van der Waals surface area contributed by atoms with Gasteiger partial charge in [-0.3, -0.25) is 9.59 Å². The lowest BCUT2D eigenvalue weighted by Crippen LogP contribution is -2.49. The van der Waals surface area contributed by atoms with Crippen molar-refractivity contribution in [2.45, 2.75) is 115 Å². The van der Waals surface area contributed by atoms with E-state index in [0.717, 1.165) is 54.9 Å². The Balaban J connectivity index is 1.60. The van der Waals surface area contributed by atoms with Gasteiger partial charge >= 0.3 is 5.97 Å². The number of nitrogens with one attached hydrogen (secondary N) is 1. The van der Waals surface area contributed by atoms with Gasteiger partial charge in [0.05, 0.1) is 12.2 Å². The van der Waals surface area contributed by atoms with Gasteiger partial charge < -0.3 is 29.5 Å². The molecule has 0 aromatic heterocycles. The number of rotatable bonds is 14. The molecule has 9 nitrogen and oxygen atoms in total. The van der Waals surface area contributed by atoms with Crippen LogP contribution in [0, 0.1) is 3.57 Å². The molecule has 4 rings (SSSR count). The minimum absolute atomic E-state index is 0.143. The van der Waals surface area contributed by atoms with Crippen LogP contribution in [0.25, 0.3) is 0 Å². The molecule has 0 unspecified atom stereocenters. The minimum Gasteiger partial charge on any atom is -0.456 e. The molecule has 0 saturated carbocycles. The molecule has 2 heterocycles. The van der Waals surface area contributed by atoms with Crippen molar-refractivity contribution in [1.29, 1.82) is 0 Å². The fraction of sp³-hybridized carbons (Fsp3) is 0.656. The van der Waals surface area contributed by atoms with Crippen LogP contribution in [0.4, 0.5) is 0 Å². The first kappa shape index (κ1) is 32.9. The molecular weight excluding hydrogens is 651 g/mol. The molecule has 42 heavy (non-hydrogen) atoms. The number of amides is 2. The topological polar surface area (TPSA) is 114 Å². The third-order valence-corrected chi connectivity index (χ3v) is 9.06. The zero-order valence-electron chi connectivity index (χ0n) is 24.8. The first-order valence-electron chi connectivity index (χ1n) is 15.5. The number of esters is 1. The molecule has 2 saturated heterocycles. The van der Waals surface area contributed by atoms with Crippen molar-refractivity contribution in [1.82, 2.24) is 10.2 Å². The summed E-state index contributed by atoms with van der Waals surface area (Å²) in [5, 5.41) is 11.8. The molecule has 2 fully saturated rings. The Hall–Kier alpha value is -2.02. The molecule has 0 radical (unpaired) electrons. The smallest absolute Gasteiger partial charge is 0.338 e. The van der Waals surface area contributed by atoms with Crippen molar-refractivity contribution in [3.63, 3.8) is 0 Å². The molecule has 2 amide bonds. The summed E-state index contributed by atoms with van der Waals surface area (Å²) in [6, 6.07) is 6.58. The number of hydrogen-bond donors (Lipinski definition) is 2. The highest BCUT2D eigenvalue weighted by Crippen LogP contribution is 2.43. The number of carbonyl (C=O) groups is 3. The van der Waals surface area contributed by atoms with Crippen molar-refractivity contribution in [3.8, 4) is 0 Å². The van der Waals surface area contributed by atoms with Crippen LogP contribution in [0.3, 0.4) is 0 Å². The number of unbranched alkanes of at least 4 members (excludes halogenated alkanes) is 4. The van der Waals surface area contributed by atoms with Crippen molar-refractivity contribution < 1.29 is 33.7 Å². The van der Waals surface area contributed by atoms with E-state index in [1.165, 1.54) is 0 Å². The number of aliphatic hydroxyl groups is 1. The van der Waals surface area contributed by atoms with E-state index in [-0.39, 0.29) is 31.4 Å². The zero-order valence-corrected chi connectivity index (χ0v) is 27.0. The Morgan fingerprint density at radius 3 is 2.40 bits per heavy atom. The second kappa shape index (κ2) is 15.6. The van der Waals surface area contributed by atoms with Crippen molar-refractivity contribution in [3.05, 3.63) is 45.0 Å². The fourth-order valence-electron chi connectivity index (χ4n) is 6.15. The van der Waals surface area contributed by atoms with Crippen LogP contribution in [-0.2, 0) is 23.8 Å². The average molecular weight is 697 g/mol. The molecule has 2 aliphatic heterocycles. The minimum atomic E-state index is -0.789. The number of hydrogen-bond acceptors (Lipinski definition) is 7.